The lowest BCUT2D eigenvalue weighted by Gasteiger charge is -2.38. The summed E-state index contributed by atoms with van der Waals surface area (Å²) in [5.74, 6) is -2.89. The molecule has 27 heavy (non-hydrogen) atoms. The van der Waals surface area contributed by atoms with E-state index in [1.165, 1.54) is 36.1 Å². The number of fused-ring (bicyclic) bond motifs is 2. The van der Waals surface area contributed by atoms with Gasteiger partial charge in [0, 0.05) is 6.07 Å². The minimum Gasteiger partial charge on any atom is -0.481 e. The van der Waals surface area contributed by atoms with E-state index in [9.17, 15) is 23.5 Å². The molecule has 1 N–H and O–H groups in total. The Morgan fingerprint density at radius 2 is 1.96 bits per heavy atom. The Hall–Kier alpha value is -3.07. The second-order valence-electron chi connectivity index (χ2n) is 6.26. The van der Waals surface area contributed by atoms with Crippen molar-refractivity contribution in [1.29, 1.82) is 0 Å². The third kappa shape index (κ3) is 2.89. The number of rotatable bonds is 3. The van der Waals surface area contributed by atoms with Crippen molar-refractivity contribution < 1.29 is 28.2 Å². The number of ether oxygens (including phenoxy) is 1. The summed E-state index contributed by atoms with van der Waals surface area (Å²) in [5.41, 5.74) is -1.02. The smallest absolute Gasteiger partial charge is 0.307 e. The minimum atomic E-state index is -1.74. The standard InChI is InChI=1S/C18H12F2N2O4S/c1-18(8-15(23)24)16(25)22(12-5-3-9(19)6-13(12)26-18)17-21-11-4-2-10(20)7-14(11)27-17/h2-7H,8H2,1H3,(H,23,24). The molecule has 1 aliphatic rings. The molecule has 3 aromatic rings. The van der Waals surface area contributed by atoms with Crippen LogP contribution >= 0.6 is 11.3 Å². The highest BCUT2D eigenvalue weighted by Crippen LogP contribution is 2.45. The van der Waals surface area contributed by atoms with Crippen LogP contribution in [0.15, 0.2) is 36.4 Å². The van der Waals surface area contributed by atoms with Crippen molar-refractivity contribution in [2.24, 2.45) is 0 Å². The monoisotopic (exact) mass is 390 g/mol. The molecule has 1 amide bonds. The van der Waals surface area contributed by atoms with E-state index in [1.54, 1.807) is 0 Å². The molecular weight excluding hydrogens is 378 g/mol. The first-order valence-electron chi connectivity index (χ1n) is 7.88. The Bertz CT molecular complexity index is 1100. The van der Waals surface area contributed by atoms with Crippen molar-refractivity contribution >= 4 is 44.2 Å². The van der Waals surface area contributed by atoms with Gasteiger partial charge in [0.25, 0.3) is 5.91 Å². The second-order valence-corrected chi connectivity index (χ2v) is 7.27. The quantitative estimate of drug-likeness (QED) is 0.735. The second kappa shape index (κ2) is 5.98. The molecule has 0 aliphatic carbocycles. The molecular formula is C18H12F2N2O4S. The van der Waals surface area contributed by atoms with Crippen LogP contribution in [0.5, 0.6) is 5.75 Å². The molecule has 4 rings (SSSR count). The van der Waals surface area contributed by atoms with Gasteiger partial charge < -0.3 is 9.84 Å². The maximum Gasteiger partial charge on any atom is 0.307 e. The fourth-order valence-electron chi connectivity index (χ4n) is 2.96. The number of carboxylic acids is 1. The lowest BCUT2D eigenvalue weighted by Crippen LogP contribution is -2.53. The summed E-state index contributed by atoms with van der Waals surface area (Å²) in [6, 6.07) is 7.64. The van der Waals surface area contributed by atoms with Crippen molar-refractivity contribution in [3.63, 3.8) is 0 Å². The van der Waals surface area contributed by atoms with Crippen LogP contribution < -0.4 is 9.64 Å². The molecule has 1 aromatic heterocycles. The zero-order valence-electron chi connectivity index (χ0n) is 13.9. The van der Waals surface area contributed by atoms with Crippen LogP contribution in [0, 0.1) is 11.6 Å². The topological polar surface area (TPSA) is 79.7 Å². The highest BCUT2D eigenvalue weighted by Gasteiger charge is 2.48. The third-order valence-electron chi connectivity index (χ3n) is 4.17. The van der Waals surface area contributed by atoms with Crippen molar-refractivity contribution in [2.75, 3.05) is 4.90 Å². The van der Waals surface area contributed by atoms with Crippen LogP contribution in [0.1, 0.15) is 13.3 Å². The summed E-state index contributed by atoms with van der Waals surface area (Å²) in [4.78, 5) is 29.9. The maximum atomic E-state index is 13.7. The molecule has 2 heterocycles. The van der Waals surface area contributed by atoms with E-state index in [2.05, 4.69) is 4.98 Å². The Morgan fingerprint density at radius 1 is 1.26 bits per heavy atom. The van der Waals surface area contributed by atoms with E-state index in [-0.39, 0.29) is 16.6 Å². The molecule has 2 aromatic carbocycles. The average molecular weight is 390 g/mol. The molecule has 0 fully saturated rings. The van der Waals surface area contributed by atoms with Gasteiger partial charge in [-0.1, -0.05) is 11.3 Å². The van der Waals surface area contributed by atoms with Crippen molar-refractivity contribution in [2.45, 2.75) is 18.9 Å². The van der Waals surface area contributed by atoms with E-state index >= 15 is 0 Å². The van der Waals surface area contributed by atoms with Gasteiger partial charge >= 0.3 is 5.97 Å². The van der Waals surface area contributed by atoms with Crippen LogP contribution in [0.25, 0.3) is 10.2 Å². The van der Waals surface area contributed by atoms with Crippen LogP contribution in [-0.2, 0) is 9.59 Å². The summed E-state index contributed by atoms with van der Waals surface area (Å²) in [6.45, 7) is 1.33. The Morgan fingerprint density at radius 3 is 2.70 bits per heavy atom. The minimum absolute atomic E-state index is 0.0313. The van der Waals surface area contributed by atoms with E-state index in [4.69, 9.17) is 4.74 Å². The van der Waals surface area contributed by atoms with Gasteiger partial charge in [-0.05, 0) is 37.3 Å². The summed E-state index contributed by atoms with van der Waals surface area (Å²) in [6.07, 6.45) is -0.613. The summed E-state index contributed by atoms with van der Waals surface area (Å²) >= 11 is 1.07. The Labute approximate surface area is 155 Å². The average Bonchev–Trinajstić information content (AvgIpc) is 2.98. The van der Waals surface area contributed by atoms with Gasteiger partial charge in [-0.25, -0.2) is 18.7 Å². The van der Waals surface area contributed by atoms with Gasteiger partial charge in [-0.2, -0.15) is 0 Å². The number of halogens is 2. The maximum absolute atomic E-state index is 13.7. The Balaban J connectivity index is 1.90. The number of hydrogen-bond donors (Lipinski definition) is 1. The molecule has 0 spiro atoms. The van der Waals surface area contributed by atoms with Gasteiger partial charge in [0.15, 0.2) is 10.7 Å². The molecule has 9 heteroatoms. The van der Waals surface area contributed by atoms with E-state index in [0.717, 1.165) is 23.5 Å². The largest absolute Gasteiger partial charge is 0.481 e. The Kier molecular flexibility index (Phi) is 3.84. The molecule has 1 aliphatic heterocycles. The number of nitrogens with zero attached hydrogens (tertiary/aromatic N) is 2. The lowest BCUT2D eigenvalue weighted by atomic mass is 9.97. The van der Waals surface area contributed by atoms with Crippen LogP contribution in [0.3, 0.4) is 0 Å². The molecule has 0 saturated carbocycles. The van der Waals surface area contributed by atoms with Gasteiger partial charge in [0.2, 0.25) is 0 Å². The molecule has 6 nitrogen and oxygen atoms in total. The number of thiazole rings is 1. The number of carboxylic acid groups (broad SMARTS) is 1. The van der Waals surface area contributed by atoms with E-state index in [1.807, 2.05) is 0 Å². The lowest BCUT2D eigenvalue weighted by molar-refractivity contribution is -0.148. The molecule has 0 saturated heterocycles. The summed E-state index contributed by atoms with van der Waals surface area (Å²) in [7, 11) is 0. The van der Waals surface area contributed by atoms with Gasteiger partial charge in [0.05, 0.1) is 22.3 Å². The number of aliphatic carboxylic acids is 1. The summed E-state index contributed by atoms with van der Waals surface area (Å²) in [5, 5.41) is 9.39. The fourth-order valence-corrected chi connectivity index (χ4v) is 3.96. The first-order chi connectivity index (χ1) is 12.8. The number of amides is 1. The number of anilines is 2. The van der Waals surface area contributed by atoms with E-state index < -0.39 is 35.5 Å². The molecule has 0 bridgehead atoms. The van der Waals surface area contributed by atoms with Crippen LogP contribution in [0.4, 0.5) is 19.6 Å². The molecule has 1 unspecified atom stereocenters. The predicted molar refractivity (Wildman–Crippen MR) is 94.4 cm³/mol. The number of carbonyl (C=O) groups excluding carboxylic acids is 1. The number of aromatic nitrogens is 1. The predicted octanol–water partition coefficient (Wildman–Crippen LogP) is 3.87. The highest BCUT2D eigenvalue weighted by molar-refractivity contribution is 7.22. The fraction of sp³-hybridized carbons (Fsp3) is 0.167. The third-order valence-corrected chi connectivity index (χ3v) is 5.18. The SMILES string of the molecule is CC1(CC(=O)O)Oc2cc(F)ccc2N(c2nc3ccc(F)cc3s2)C1=O. The van der Waals surface area contributed by atoms with Crippen molar-refractivity contribution in [3.8, 4) is 5.75 Å². The normalized spacial score (nSPS) is 19.1. The zero-order chi connectivity index (χ0) is 19.3. The highest BCUT2D eigenvalue weighted by atomic mass is 32.1. The number of hydrogen-bond acceptors (Lipinski definition) is 5. The number of carbonyl (C=O) groups is 2. The van der Waals surface area contributed by atoms with Gasteiger partial charge in [-0.3, -0.25) is 9.59 Å². The van der Waals surface area contributed by atoms with Gasteiger partial charge in [0.1, 0.15) is 17.4 Å². The molecule has 1 atom stereocenters. The van der Waals surface area contributed by atoms with Gasteiger partial charge in [-0.15, -0.1) is 0 Å². The van der Waals surface area contributed by atoms with Crippen molar-refractivity contribution in [1.82, 2.24) is 4.98 Å². The van der Waals surface area contributed by atoms with E-state index in [0.29, 0.717) is 10.2 Å². The molecule has 0 radical (unpaired) electrons. The van der Waals surface area contributed by atoms with Crippen molar-refractivity contribution in [3.05, 3.63) is 48.0 Å². The summed E-state index contributed by atoms with van der Waals surface area (Å²) < 4.78 is 33.3. The number of benzene rings is 2. The van der Waals surface area contributed by atoms with Crippen LogP contribution in [0.2, 0.25) is 0 Å². The first kappa shape index (κ1) is 17.3. The zero-order valence-corrected chi connectivity index (χ0v) is 14.7. The molecule has 138 valence electrons. The van der Waals surface area contributed by atoms with Crippen LogP contribution in [-0.4, -0.2) is 27.6 Å². The first-order valence-corrected chi connectivity index (χ1v) is 8.69.